The fraction of sp³-hybridized carbons (Fsp3) is 0.480. The normalized spacial score (nSPS) is 12.6. The van der Waals surface area contributed by atoms with E-state index in [1.807, 2.05) is 45.0 Å². The minimum Gasteiger partial charge on any atom is -0.472 e. The van der Waals surface area contributed by atoms with Crippen molar-refractivity contribution >= 4 is 27.8 Å². The van der Waals surface area contributed by atoms with E-state index in [-0.39, 0.29) is 29.2 Å². The van der Waals surface area contributed by atoms with Crippen LogP contribution < -0.4 is 4.74 Å². The largest absolute Gasteiger partial charge is 0.472 e. The van der Waals surface area contributed by atoms with E-state index in [1.54, 1.807) is 30.3 Å². The molecule has 7 nitrogen and oxygen atoms in total. The van der Waals surface area contributed by atoms with Gasteiger partial charge in [-0.05, 0) is 43.5 Å². The number of alkyl halides is 1. The summed E-state index contributed by atoms with van der Waals surface area (Å²) in [7, 11) is 1.57. The Kier molecular flexibility index (Phi) is 11.3. The maximum absolute atomic E-state index is 12.7. The van der Waals surface area contributed by atoms with Crippen molar-refractivity contribution in [2.75, 3.05) is 33.4 Å². The molecule has 0 spiro atoms. The standard InChI is InChI=1S/C25H33BrN2O5/c1-5-28(6-2)24(29)21-8-7-13-27-23(21)33-17-19-9-11-20(12-10-19)22(26)16-18(3)25(30)32-15-14-31-4/h7-13,18,22H,5-6,14-17H2,1-4H3. The molecule has 2 atom stereocenters. The van der Waals surface area contributed by atoms with Gasteiger partial charge in [-0.15, -0.1) is 0 Å². The number of benzene rings is 1. The minimum atomic E-state index is -0.236. The number of amides is 1. The highest BCUT2D eigenvalue weighted by Crippen LogP contribution is 2.30. The van der Waals surface area contributed by atoms with Crippen LogP contribution in [0, 0.1) is 5.92 Å². The first-order valence-corrected chi connectivity index (χ1v) is 12.1. The summed E-state index contributed by atoms with van der Waals surface area (Å²) in [6.45, 7) is 7.96. The van der Waals surface area contributed by atoms with E-state index >= 15 is 0 Å². The number of hydrogen-bond acceptors (Lipinski definition) is 6. The Balaban J connectivity index is 1.95. The predicted octanol–water partition coefficient (Wildman–Crippen LogP) is 4.79. The molecule has 0 N–H and O–H groups in total. The van der Waals surface area contributed by atoms with Crippen LogP contribution in [0.3, 0.4) is 0 Å². The molecule has 2 aromatic rings. The molecule has 1 heterocycles. The molecular weight excluding hydrogens is 488 g/mol. The first-order chi connectivity index (χ1) is 15.9. The molecule has 33 heavy (non-hydrogen) atoms. The molecule has 0 aliphatic rings. The van der Waals surface area contributed by atoms with Crippen molar-refractivity contribution < 1.29 is 23.8 Å². The molecule has 0 saturated carbocycles. The Labute approximate surface area is 204 Å². The van der Waals surface area contributed by atoms with Gasteiger partial charge in [-0.25, -0.2) is 4.98 Å². The summed E-state index contributed by atoms with van der Waals surface area (Å²) in [5.41, 5.74) is 2.48. The first-order valence-electron chi connectivity index (χ1n) is 11.2. The Morgan fingerprint density at radius 1 is 1.09 bits per heavy atom. The third-order valence-corrected chi connectivity index (χ3v) is 6.17. The fourth-order valence-corrected chi connectivity index (χ4v) is 4.10. The summed E-state index contributed by atoms with van der Waals surface area (Å²) in [5, 5.41) is 0. The molecule has 0 radical (unpaired) electrons. The van der Waals surface area contributed by atoms with E-state index in [0.29, 0.717) is 44.2 Å². The van der Waals surface area contributed by atoms with E-state index in [1.165, 1.54) is 0 Å². The Hall–Kier alpha value is -2.45. The second kappa shape index (κ2) is 14.0. The zero-order valence-corrected chi connectivity index (χ0v) is 21.3. The smallest absolute Gasteiger partial charge is 0.308 e. The highest BCUT2D eigenvalue weighted by atomic mass is 79.9. The van der Waals surface area contributed by atoms with E-state index in [2.05, 4.69) is 20.9 Å². The van der Waals surface area contributed by atoms with Crippen molar-refractivity contribution in [3.8, 4) is 5.88 Å². The molecule has 0 aliphatic carbocycles. The monoisotopic (exact) mass is 520 g/mol. The van der Waals surface area contributed by atoms with Gasteiger partial charge in [0.1, 0.15) is 18.8 Å². The quantitative estimate of drug-likeness (QED) is 0.214. The summed E-state index contributed by atoms with van der Waals surface area (Å²) in [5.74, 6) is -0.222. The Bertz CT molecular complexity index is 887. The molecule has 0 aliphatic heterocycles. The summed E-state index contributed by atoms with van der Waals surface area (Å²) in [6.07, 6.45) is 2.24. The van der Waals surface area contributed by atoms with Crippen molar-refractivity contribution in [1.29, 1.82) is 0 Å². The van der Waals surface area contributed by atoms with Gasteiger partial charge in [0.05, 0.1) is 12.5 Å². The number of ether oxygens (including phenoxy) is 3. The third-order valence-electron chi connectivity index (χ3n) is 5.26. The van der Waals surface area contributed by atoms with E-state index in [0.717, 1.165) is 11.1 Å². The van der Waals surface area contributed by atoms with E-state index in [4.69, 9.17) is 14.2 Å². The van der Waals surface area contributed by atoms with Gasteiger partial charge >= 0.3 is 5.97 Å². The summed E-state index contributed by atoms with van der Waals surface area (Å²) >= 11 is 3.67. The molecule has 0 saturated heterocycles. The molecule has 1 aromatic carbocycles. The molecule has 1 amide bonds. The summed E-state index contributed by atoms with van der Waals surface area (Å²) in [6, 6.07) is 11.4. The van der Waals surface area contributed by atoms with Gasteiger partial charge in [-0.1, -0.05) is 47.1 Å². The number of rotatable bonds is 13. The maximum Gasteiger partial charge on any atom is 0.308 e. The minimum absolute atomic E-state index is 0.0199. The van der Waals surface area contributed by atoms with Gasteiger partial charge in [0, 0.05) is 31.2 Å². The van der Waals surface area contributed by atoms with Gasteiger partial charge in [-0.3, -0.25) is 9.59 Å². The topological polar surface area (TPSA) is 78.0 Å². The van der Waals surface area contributed by atoms with Gasteiger partial charge < -0.3 is 19.1 Å². The lowest BCUT2D eigenvalue weighted by molar-refractivity contribution is -0.149. The number of methoxy groups -OCH3 is 1. The molecule has 180 valence electrons. The lowest BCUT2D eigenvalue weighted by Gasteiger charge is -2.20. The van der Waals surface area contributed by atoms with Crippen molar-refractivity contribution in [2.24, 2.45) is 5.92 Å². The number of nitrogens with zero attached hydrogens (tertiary/aromatic N) is 2. The SMILES string of the molecule is CCN(CC)C(=O)c1cccnc1OCc1ccc(C(Br)CC(C)C(=O)OCCOC)cc1. The van der Waals surface area contributed by atoms with Gasteiger partial charge in [0.15, 0.2) is 0 Å². The van der Waals surface area contributed by atoms with Crippen LogP contribution in [0.25, 0.3) is 0 Å². The van der Waals surface area contributed by atoms with Crippen LogP contribution in [-0.4, -0.2) is 55.2 Å². The van der Waals surface area contributed by atoms with Gasteiger partial charge in [0.25, 0.3) is 5.91 Å². The second-order valence-corrected chi connectivity index (χ2v) is 8.73. The lowest BCUT2D eigenvalue weighted by Crippen LogP contribution is -2.30. The van der Waals surface area contributed by atoms with Crippen LogP contribution in [0.2, 0.25) is 0 Å². The Morgan fingerprint density at radius 2 is 1.79 bits per heavy atom. The molecule has 2 unspecified atom stereocenters. The highest BCUT2D eigenvalue weighted by Gasteiger charge is 2.20. The van der Waals surface area contributed by atoms with Crippen LogP contribution in [0.1, 0.15) is 53.5 Å². The lowest BCUT2D eigenvalue weighted by atomic mass is 10.0. The molecule has 8 heteroatoms. The zero-order chi connectivity index (χ0) is 24.2. The van der Waals surface area contributed by atoms with Gasteiger partial charge in [0.2, 0.25) is 5.88 Å². The van der Waals surface area contributed by atoms with Crippen molar-refractivity contribution in [3.05, 3.63) is 59.3 Å². The zero-order valence-electron chi connectivity index (χ0n) is 19.8. The third kappa shape index (κ3) is 8.12. The van der Waals surface area contributed by atoms with Crippen molar-refractivity contribution in [2.45, 2.75) is 38.6 Å². The van der Waals surface area contributed by atoms with Gasteiger partial charge in [-0.2, -0.15) is 0 Å². The van der Waals surface area contributed by atoms with Crippen LogP contribution in [0.4, 0.5) is 0 Å². The number of esters is 1. The number of carbonyl (C=O) groups is 2. The van der Waals surface area contributed by atoms with Crippen molar-refractivity contribution in [1.82, 2.24) is 9.88 Å². The molecule has 0 bridgehead atoms. The first kappa shape index (κ1) is 26.8. The van der Waals surface area contributed by atoms with Crippen LogP contribution >= 0.6 is 15.9 Å². The highest BCUT2D eigenvalue weighted by molar-refractivity contribution is 9.09. The maximum atomic E-state index is 12.7. The molecule has 2 rings (SSSR count). The number of halogens is 1. The molecule has 1 aromatic heterocycles. The number of aromatic nitrogens is 1. The van der Waals surface area contributed by atoms with Crippen LogP contribution in [0.5, 0.6) is 5.88 Å². The number of hydrogen-bond donors (Lipinski definition) is 0. The summed E-state index contributed by atoms with van der Waals surface area (Å²) in [4.78, 5) is 30.8. The molecule has 0 fully saturated rings. The fourth-order valence-electron chi connectivity index (χ4n) is 3.23. The second-order valence-electron chi connectivity index (χ2n) is 7.63. The number of pyridine rings is 1. The van der Waals surface area contributed by atoms with E-state index < -0.39 is 0 Å². The summed E-state index contributed by atoms with van der Waals surface area (Å²) < 4.78 is 16.0. The van der Waals surface area contributed by atoms with E-state index in [9.17, 15) is 9.59 Å². The molecular formula is C25H33BrN2O5. The predicted molar refractivity (Wildman–Crippen MR) is 131 cm³/mol. The van der Waals surface area contributed by atoms with Crippen molar-refractivity contribution in [3.63, 3.8) is 0 Å². The number of carbonyl (C=O) groups excluding carboxylic acids is 2. The average molecular weight is 521 g/mol. The van der Waals surface area contributed by atoms with Crippen LogP contribution in [0.15, 0.2) is 42.6 Å². The Morgan fingerprint density at radius 3 is 2.42 bits per heavy atom. The average Bonchev–Trinajstić information content (AvgIpc) is 2.83. The van der Waals surface area contributed by atoms with Crippen LogP contribution in [-0.2, 0) is 20.9 Å².